The van der Waals surface area contributed by atoms with Crippen LogP contribution in [-0.4, -0.2) is 31.5 Å². The molecule has 2 aromatic heterocycles. The van der Waals surface area contributed by atoms with Gasteiger partial charge in [0.1, 0.15) is 6.04 Å². The lowest BCUT2D eigenvalue weighted by Gasteiger charge is -2.13. The Morgan fingerprint density at radius 1 is 0.971 bits per heavy atom. The molecule has 0 saturated heterocycles. The lowest BCUT2D eigenvalue weighted by Crippen LogP contribution is -2.20. The number of carboxylic acid groups (broad SMARTS) is 1. The molecule has 2 heterocycles. The highest BCUT2D eigenvalue weighted by molar-refractivity contribution is 6.01. The minimum Gasteiger partial charge on any atom is -0.480 e. The van der Waals surface area contributed by atoms with Gasteiger partial charge in [0, 0.05) is 27.7 Å². The molecule has 0 aliphatic heterocycles. The highest BCUT2D eigenvalue weighted by Gasteiger charge is 2.21. The lowest BCUT2D eigenvalue weighted by molar-refractivity contribution is -0.140. The highest BCUT2D eigenvalue weighted by Crippen LogP contribution is 2.28. The van der Waals surface area contributed by atoms with Gasteiger partial charge in [0.2, 0.25) is 0 Å². The standard InChI is InChI=1S/C27H22N4O3/c1-17-22(20-12-7-9-15-24(20)30(17)18(2)27(33)34)16-28-31-25(19-10-4-3-5-11-19)29-23-14-8-6-13-21(23)26(31)32/h3-16,18H,1-2H3,(H,33,34)/t18-/m1/s1. The van der Waals surface area contributed by atoms with Crippen molar-refractivity contribution in [3.8, 4) is 11.4 Å². The van der Waals surface area contributed by atoms with E-state index in [-0.39, 0.29) is 5.56 Å². The Morgan fingerprint density at radius 3 is 2.35 bits per heavy atom. The predicted molar refractivity (Wildman–Crippen MR) is 133 cm³/mol. The molecule has 0 spiro atoms. The summed E-state index contributed by atoms with van der Waals surface area (Å²) in [5.41, 5.74) is 3.39. The van der Waals surface area contributed by atoms with Crippen LogP contribution in [0.4, 0.5) is 0 Å². The number of carboxylic acids is 1. The van der Waals surface area contributed by atoms with E-state index in [9.17, 15) is 14.7 Å². The summed E-state index contributed by atoms with van der Waals surface area (Å²) in [6, 6.07) is 23.5. The van der Waals surface area contributed by atoms with Crippen LogP contribution in [0, 0.1) is 6.92 Å². The van der Waals surface area contributed by atoms with Gasteiger partial charge in [0.25, 0.3) is 5.56 Å². The average molecular weight is 450 g/mol. The van der Waals surface area contributed by atoms with E-state index in [2.05, 4.69) is 5.10 Å². The normalized spacial score (nSPS) is 12.5. The maximum atomic E-state index is 13.4. The fourth-order valence-corrected chi connectivity index (χ4v) is 4.31. The summed E-state index contributed by atoms with van der Waals surface area (Å²) in [6.07, 6.45) is 1.62. The quantitative estimate of drug-likeness (QED) is 0.388. The molecule has 0 bridgehead atoms. The van der Waals surface area contributed by atoms with Crippen LogP contribution in [0.2, 0.25) is 0 Å². The largest absolute Gasteiger partial charge is 0.480 e. The zero-order chi connectivity index (χ0) is 23.8. The van der Waals surface area contributed by atoms with Crippen molar-refractivity contribution in [2.24, 2.45) is 5.10 Å². The molecule has 1 N–H and O–H groups in total. The fourth-order valence-electron chi connectivity index (χ4n) is 4.31. The van der Waals surface area contributed by atoms with Crippen molar-refractivity contribution >= 4 is 34.0 Å². The second kappa shape index (κ2) is 8.44. The van der Waals surface area contributed by atoms with E-state index in [1.165, 1.54) is 4.68 Å². The van der Waals surface area contributed by atoms with Crippen molar-refractivity contribution < 1.29 is 9.90 Å². The van der Waals surface area contributed by atoms with Crippen molar-refractivity contribution in [1.29, 1.82) is 0 Å². The van der Waals surface area contributed by atoms with Crippen LogP contribution < -0.4 is 5.56 Å². The molecule has 0 saturated carbocycles. The highest BCUT2D eigenvalue weighted by atomic mass is 16.4. The van der Waals surface area contributed by atoms with Gasteiger partial charge in [-0.3, -0.25) is 4.79 Å². The summed E-state index contributed by atoms with van der Waals surface area (Å²) in [6.45, 7) is 3.51. The van der Waals surface area contributed by atoms with Crippen LogP contribution in [0.5, 0.6) is 0 Å². The Hall–Kier alpha value is -4.52. The van der Waals surface area contributed by atoms with Gasteiger partial charge < -0.3 is 9.67 Å². The molecule has 7 nitrogen and oxygen atoms in total. The third-order valence-corrected chi connectivity index (χ3v) is 6.04. The van der Waals surface area contributed by atoms with Gasteiger partial charge in [-0.15, -0.1) is 0 Å². The number of carbonyl (C=O) groups is 1. The Morgan fingerprint density at radius 2 is 1.62 bits per heavy atom. The molecule has 0 amide bonds. The number of aliphatic carboxylic acids is 1. The summed E-state index contributed by atoms with van der Waals surface area (Å²) < 4.78 is 3.09. The van der Waals surface area contributed by atoms with E-state index in [1.54, 1.807) is 29.8 Å². The van der Waals surface area contributed by atoms with E-state index in [0.29, 0.717) is 16.7 Å². The fraction of sp³-hybridized carbons (Fsp3) is 0.111. The van der Waals surface area contributed by atoms with Crippen molar-refractivity contribution in [3.63, 3.8) is 0 Å². The summed E-state index contributed by atoms with van der Waals surface area (Å²) in [5.74, 6) is -0.491. The van der Waals surface area contributed by atoms with Crippen LogP contribution in [0.25, 0.3) is 33.2 Å². The average Bonchev–Trinajstić information content (AvgIpc) is 3.14. The Balaban J connectivity index is 1.75. The number of rotatable bonds is 5. The molecular formula is C27H22N4O3. The van der Waals surface area contributed by atoms with Crippen LogP contribution in [0.15, 0.2) is 88.8 Å². The van der Waals surface area contributed by atoms with Crippen molar-refractivity contribution in [2.75, 3.05) is 0 Å². The first-order valence-electron chi connectivity index (χ1n) is 10.9. The monoisotopic (exact) mass is 450 g/mol. The first-order valence-corrected chi connectivity index (χ1v) is 10.9. The summed E-state index contributed by atoms with van der Waals surface area (Å²) >= 11 is 0. The third-order valence-electron chi connectivity index (χ3n) is 6.04. The molecule has 168 valence electrons. The molecule has 3 aromatic carbocycles. The van der Waals surface area contributed by atoms with Gasteiger partial charge in [0.15, 0.2) is 5.82 Å². The van der Waals surface area contributed by atoms with Crippen molar-refractivity contribution in [3.05, 3.63) is 100 Å². The molecule has 5 aromatic rings. The van der Waals surface area contributed by atoms with Gasteiger partial charge in [-0.05, 0) is 32.0 Å². The maximum absolute atomic E-state index is 13.4. The number of hydrogen-bond donors (Lipinski definition) is 1. The molecule has 0 radical (unpaired) electrons. The topological polar surface area (TPSA) is 89.5 Å². The molecule has 0 fully saturated rings. The van der Waals surface area contributed by atoms with Crippen LogP contribution >= 0.6 is 0 Å². The number of para-hydroxylation sites is 2. The number of aromatic nitrogens is 3. The minimum absolute atomic E-state index is 0.277. The molecule has 0 unspecified atom stereocenters. The van der Waals surface area contributed by atoms with Gasteiger partial charge in [-0.1, -0.05) is 60.7 Å². The Bertz CT molecular complexity index is 1630. The second-order valence-electron chi connectivity index (χ2n) is 8.08. The number of benzene rings is 3. The summed E-state index contributed by atoms with van der Waals surface area (Å²) in [4.78, 5) is 29.9. The second-order valence-corrected chi connectivity index (χ2v) is 8.08. The molecule has 5 rings (SSSR count). The number of fused-ring (bicyclic) bond motifs is 2. The molecule has 0 aliphatic rings. The van der Waals surface area contributed by atoms with Crippen LogP contribution in [0.3, 0.4) is 0 Å². The molecule has 7 heteroatoms. The van der Waals surface area contributed by atoms with E-state index < -0.39 is 12.0 Å². The number of hydrogen-bond acceptors (Lipinski definition) is 4. The zero-order valence-corrected chi connectivity index (χ0v) is 18.7. The van der Waals surface area contributed by atoms with Gasteiger partial charge in [-0.2, -0.15) is 9.78 Å². The smallest absolute Gasteiger partial charge is 0.326 e. The first-order chi connectivity index (χ1) is 16.5. The van der Waals surface area contributed by atoms with E-state index >= 15 is 0 Å². The molecule has 0 aliphatic carbocycles. The third kappa shape index (κ3) is 3.47. The van der Waals surface area contributed by atoms with Gasteiger partial charge in [0.05, 0.1) is 17.1 Å². The minimum atomic E-state index is -0.923. The molecule has 1 atom stereocenters. The van der Waals surface area contributed by atoms with Crippen LogP contribution in [-0.2, 0) is 4.79 Å². The van der Waals surface area contributed by atoms with Gasteiger partial charge >= 0.3 is 5.97 Å². The van der Waals surface area contributed by atoms with E-state index in [4.69, 9.17) is 4.98 Å². The SMILES string of the molecule is Cc1c(C=Nn2c(-c3ccccc3)nc3ccccc3c2=O)c2ccccc2n1[C@H](C)C(=O)O. The van der Waals surface area contributed by atoms with Crippen molar-refractivity contribution in [1.82, 2.24) is 14.2 Å². The lowest BCUT2D eigenvalue weighted by atomic mass is 10.1. The van der Waals surface area contributed by atoms with E-state index in [0.717, 1.165) is 27.7 Å². The summed E-state index contributed by atoms with van der Waals surface area (Å²) in [5, 5.41) is 15.5. The molecule has 34 heavy (non-hydrogen) atoms. The maximum Gasteiger partial charge on any atom is 0.326 e. The first kappa shape index (κ1) is 21.3. The van der Waals surface area contributed by atoms with Crippen LogP contribution in [0.1, 0.15) is 24.2 Å². The summed E-state index contributed by atoms with van der Waals surface area (Å²) in [7, 11) is 0. The molecular weight excluding hydrogens is 428 g/mol. The van der Waals surface area contributed by atoms with Crippen molar-refractivity contribution in [2.45, 2.75) is 19.9 Å². The Labute approximate surface area is 195 Å². The van der Waals surface area contributed by atoms with Gasteiger partial charge in [-0.25, -0.2) is 9.78 Å². The Kier molecular flexibility index (Phi) is 5.30. The zero-order valence-electron chi connectivity index (χ0n) is 18.7. The number of nitrogens with zero attached hydrogens (tertiary/aromatic N) is 4. The van der Waals surface area contributed by atoms with E-state index in [1.807, 2.05) is 73.7 Å². The predicted octanol–water partition coefficient (Wildman–Crippen LogP) is 4.85.